The van der Waals surface area contributed by atoms with E-state index in [0.717, 1.165) is 5.56 Å². The first-order valence-electron chi connectivity index (χ1n) is 9.44. The number of halogens is 1. The molecule has 0 saturated heterocycles. The van der Waals surface area contributed by atoms with E-state index in [1.807, 2.05) is 18.2 Å². The van der Waals surface area contributed by atoms with Gasteiger partial charge in [0.15, 0.2) is 11.5 Å². The summed E-state index contributed by atoms with van der Waals surface area (Å²) < 4.78 is 16.5. The van der Waals surface area contributed by atoms with Gasteiger partial charge in [0, 0.05) is 16.3 Å². The molecule has 0 saturated carbocycles. The molecular weight excluding hydrogens is 408 g/mol. The fourth-order valence-corrected chi connectivity index (χ4v) is 3.37. The molecule has 158 valence electrons. The quantitative estimate of drug-likeness (QED) is 0.645. The fraction of sp³-hybridized carbons (Fsp3) is 0.273. The molecule has 1 atom stereocenters. The van der Waals surface area contributed by atoms with Crippen LogP contribution >= 0.6 is 11.6 Å². The number of urea groups is 1. The first-order chi connectivity index (χ1) is 14.4. The van der Waals surface area contributed by atoms with E-state index in [-0.39, 0.29) is 13.2 Å². The lowest BCUT2D eigenvalue weighted by Crippen LogP contribution is -2.45. The maximum Gasteiger partial charge on any atom is 0.338 e. The molecule has 7 nitrogen and oxygen atoms in total. The third-order valence-electron chi connectivity index (χ3n) is 4.63. The van der Waals surface area contributed by atoms with Crippen molar-refractivity contribution in [2.24, 2.45) is 0 Å². The van der Waals surface area contributed by atoms with Gasteiger partial charge < -0.3 is 24.8 Å². The van der Waals surface area contributed by atoms with Gasteiger partial charge in [-0.05, 0) is 37.6 Å². The molecule has 8 heteroatoms. The number of allylic oxidation sites excluding steroid dienone is 1. The van der Waals surface area contributed by atoms with Gasteiger partial charge in [0.05, 0.1) is 25.3 Å². The summed E-state index contributed by atoms with van der Waals surface area (Å²) in [6, 6.07) is 11.6. The van der Waals surface area contributed by atoms with Gasteiger partial charge in [-0.3, -0.25) is 0 Å². The number of benzene rings is 2. The molecule has 2 amide bonds. The molecule has 2 aromatic carbocycles. The average molecular weight is 431 g/mol. The van der Waals surface area contributed by atoms with Crippen molar-refractivity contribution < 1.29 is 23.8 Å². The minimum atomic E-state index is -0.677. The summed E-state index contributed by atoms with van der Waals surface area (Å²) in [4.78, 5) is 24.5. The molecular formula is C22H23ClN2O5. The van der Waals surface area contributed by atoms with E-state index in [0.29, 0.717) is 33.4 Å². The number of carbonyl (C=O) groups excluding carboxylic acids is 2. The summed E-state index contributed by atoms with van der Waals surface area (Å²) in [6.07, 6.45) is 0. The van der Waals surface area contributed by atoms with Crippen molar-refractivity contribution in [2.75, 3.05) is 13.7 Å². The van der Waals surface area contributed by atoms with Gasteiger partial charge in [-0.15, -0.1) is 0 Å². The zero-order valence-electron chi connectivity index (χ0n) is 17.0. The Morgan fingerprint density at radius 2 is 1.93 bits per heavy atom. The molecule has 0 aromatic heterocycles. The molecule has 1 aliphatic rings. The highest BCUT2D eigenvalue weighted by molar-refractivity contribution is 6.31. The molecule has 0 aliphatic carbocycles. The van der Waals surface area contributed by atoms with Crippen LogP contribution in [0.2, 0.25) is 5.02 Å². The predicted molar refractivity (Wildman–Crippen MR) is 113 cm³/mol. The normalized spacial score (nSPS) is 15.9. The summed E-state index contributed by atoms with van der Waals surface area (Å²) in [5.41, 5.74) is 2.29. The van der Waals surface area contributed by atoms with E-state index in [9.17, 15) is 9.59 Å². The molecule has 0 bridgehead atoms. The van der Waals surface area contributed by atoms with Gasteiger partial charge >= 0.3 is 12.0 Å². The number of hydrogen-bond donors (Lipinski definition) is 2. The van der Waals surface area contributed by atoms with E-state index in [1.165, 1.54) is 7.11 Å². The molecule has 1 aliphatic heterocycles. The molecule has 0 radical (unpaired) electrons. The van der Waals surface area contributed by atoms with Crippen LogP contribution in [-0.4, -0.2) is 25.7 Å². The number of ether oxygens (including phenoxy) is 3. The lowest BCUT2D eigenvalue weighted by Gasteiger charge is -2.28. The highest BCUT2D eigenvalue weighted by Crippen LogP contribution is 2.35. The Hall–Kier alpha value is -3.19. The molecule has 1 heterocycles. The van der Waals surface area contributed by atoms with Gasteiger partial charge in [0.2, 0.25) is 0 Å². The molecule has 2 aromatic rings. The van der Waals surface area contributed by atoms with E-state index in [4.69, 9.17) is 25.8 Å². The van der Waals surface area contributed by atoms with Crippen molar-refractivity contribution in [1.29, 1.82) is 0 Å². The van der Waals surface area contributed by atoms with E-state index in [1.54, 1.807) is 38.1 Å². The van der Waals surface area contributed by atoms with Crippen molar-refractivity contribution in [1.82, 2.24) is 10.6 Å². The van der Waals surface area contributed by atoms with Crippen molar-refractivity contribution in [3.8, 4) is 11.5 Å². The number of rotatable bonds is 7. The van der Waals surface area contributed by atoms with Crippen LogP contribution in [0.1, 0.15) is 31.0 Å². The lowest BCUT2D eigenvalue weighted by atomic mass is 9.95. The largest absolute Gasteiger partial charge is 0.493 e. The number of nitrogens with one attached hydrogen (secondary N) is 2. The van der Waals surface area contributed by atoms with Crippen LogP contribution in [0.3, 0.4) is 0 Å². The van der Waals surface area contributed by atoms with E-state index >= 15 is 0 Å². The molecule has 0 fully saturated rings. The van der Waals surface area contributed by atoms with Crippen LogP contribution in [0, 0.1) is 0 Å². The van der Waals surface area contributed by atoms with Crippen LogP contribution in [-0.2, 0) is 16.1 Å². The maximum absolute atomic E-state index is 12.5. The Kier molecular flexibility index (Phi) is 6.84. The van der Waals surface area contributed by atoms with Gasteiger partial charge in [0.1, 0.15) is 6.61 Å². The maximum atomic E-state index is 12.5. The number of carbonyl (C=O) groups is 2. The fourth-order valence-electron chi connectivity index (χ4n) is 3.18. The SMILES string of the molecule is CCOC(=O)C1=C(C)NC(=O)N[C@@H]1c1ccc(OCc2ccccc2Cl)c(OC)c1. The second-order valence-corrected chi connectivity index (χ2v) is 6.99. The molecule has 2 N–H and O–H groups in total. The monoisotopic (exact) mass is 430 g/mol. The second-order valence-electron chi connectivity index (χ2n) is 6.58. The average Bonchev–Trinajstić information content (AvgIpc) is 2.72. The number of methoxy groups -OCH3 is 1. The molecule has 0 spiro atoms. The number of hydrogen-bond acceptors (Lipinski definition) is 5. The second kappa shape index (κ2) is 9.54. The van der Waals surface area contributed by atoms with Crippen LogP contribution in [0.4, 0.5) is 4.79 Å². The zero-order valence-corrected chi connectivity index (χ0v) is 17.7. The van der Waals surface area contributed by atoms with Crippen LogP contribution in [0.15, 0.2) is 53.7 Å². The van der Waals surface area contributed by atoms with Crippen LogP contribution in [0.5, 0.6) is 11.5 Å². The predicted octanol–water partition coefficient (Wildman–Crippen LogP) is 4.12. The summed E-state index contributed by atoms with van der Waals surface area (Å²) in [7, 11) is 1.52. The number of amides is 2. The highest BCUT2D eigenvalue weighted by atomic mass is 35.5. The molecule has 30 heavy (non-hydrogen) atoms. The molecule has 3 rings (SSSR count). The van der Waals surface area contributed by atoms with Crippen molar-refractivity contribution >= 4 is 23.6 Å². The van der Waals surface area contributed by atoms with Crippen molar-refractivity contribution in [3.05, 3.63) is 69.9 Å². The summed E-state index contributed by atoms with van der Waals surface area (Å²) in [5.74, 6) is 0.485. The van der Waals surface area contributed by atoms with E-state index in [2.05, 4.69) is 10.6 Å². The number of esters is 1. The Bertz CT molecular complexity index is 989. The van der Waals surface area contributed by atoms with Gasteiger partial charge in [-0.25, -0.2) is 9.59 Å². The topological polar surface area (TPSA) is 85.9 Å². The van der Waals surface area contributed by atoms with Crippen LogP contribution < -0.4 is 20.1 Å². The Labute approximate surface area is 180 Å². The highest BCUT2D eigenvalue weighted by Gasteiger charge is 2.32. The summed E-state index contributed by atoms with van der Waals surface area (Å²) in [6.45, 7) is 3.89. The lowest BCUT2D eigenvalue weighted by molar-refractivity contribution is -0.139. The molecule has 0 unspecified atom stereocenters. The summed E-state index contributed by atoms with van der Waals surface area (Å²) in [5, 5.41) is 5.99. The Morgan fingerprint density at radius 3 is 2.63 bits per heavy atom. The van der Waals surface area contributed by atoms with Crippen molar-refractivity contribution in [2.45, 2.75) is 26.5 Å². The van der Waals surface area contributed by atoms with Crippen LogP contribution in [0.25, 0.3) is 0 Å². The first-order valence-corrected chi connectivity index (χ1v) is 9.82. The van der Waals surface area contributed by atoms with E-state index < -0.39 is 18.0 Å². The Balaban J connectivity index is 1.89. The van der Waals surface area contributed by atoms with Gasteiger partial charge in [0.25, 0.3) is 0 Å². The third-order valence-corrected chi connectivity index (χ3v) is 5.00. The standard InChI is InChI=1S/C22H23ClN2O5/c1-4-29-21(26)19-13(2)24-22(27)25-20(19)14-9-10-17(18(11-14)28-3)30-12-15-7-5-6-8-16(15)23/h5-11,20H,4,12H2,1-3H3,(H2,24,25,27)/t20-/m1/s1. The summed E-state index contributed by atoms with van der Waals surface area (Å²) >= 11 is 6.18. The van der Waals surface area contributed by atoms with Gasteiger partial charge in [-0.1, -0.05) is 35.9 Å². The minimum Gasteiger partial charge on any atom is -0.493 e. The first kappa shape index (κ1) is 21.5. The smallest absolute Gasteiger partial charge is 0.338 e. The van der Waals surface area contributed by atoms with Crippen molar-refractivity contribution in [3.63, 3.8) is 0 Å². The third kappa shape index (κ3) is 4.68. The van der Waals surface area contributed by atoms with Gasteiger partial charge in [-0.2, -0.15) is 0 Å². The zero-order chi connectivity index (χ0) is 21.7. The minimum absolute atomic E-state index is 0.231. The Morgan fingerprint density at radius 1 is 1.17 bits per heavy atom.